The second-order valence-corrected chi connectivity index (χ2v) is 10.1. The molecule has 220 valence electrons. The van der Waals surface area contributed by atoms with E-state index in [1.165, 1.54) is 55.8 Å². The van der Waals surface area contributed by atoms with Crippen molar-refractivity contribution < 1.29 is 0 Å². The lowest BCUT2D eigenvalue weighted by Gasteiger charge is -2.14. The number of rotatable bonds is 7. The van der Waals surface area contributed by atoms with E-state index in [1.54, 1.807) is 0 Å². The molecule has 0 atom stereocenters. The summed E-state index contributed by atoms with van der Waals surface area (Å²) in [5, 5.41) is 3.47. The quantitative estimate of drug-likeness (QED) is 0.174. The summed E-state index contributed by atoms with van der Waals surface area (Å²) in [7, 11) is 0. The molecule has 4 aromatic carbocycles. The van der Waals surface area contributed by atoms with Crippen LogP contribution in [0.4, 0.5) is 0 Å². The Morgan fingerprint density at radius 2 is 1.23 bits per heavy atom. The van der Waals surface area contributed by atoms with Crippen LogP contribution in [-0.2, 0) is 0 Å². The van der Waals surface area contributed by atoms with E-state index in [9.17, 15) is 0 Å². The van der Waals surface area contributed by atoms with Gasteiger partial charge in [-0.1, -0.05) is 130 Å². The van der Waals surface area contributed by atoms with Crippen LogP contribution in [-0.4, -0.2) is 6.54 Å². The minimum Gasteiger partial charge on any atom is -0.381 e. The van der Waals surface area contributed by atoms with Crippen LogP contribution in [0.1, 0.15) is 59.1 Å². The fourth-order valence-electron chi connectivity index (χ4n) is 4.79. The van der Waals surface area contributed by atoms with Gasteiger partial charge in [0.05, 0.1) is 0 Å². The lowest BCUT2D eigenvalue weighted by atomic mass is 9.92. The van der Waals surface area contributed by atoms with Crippen molar-refractivity contribution >= 4 is 11.3 Å². The third-order valence-electron chi connectivity index (χ3n) is 7.02. The number of dihydropyridines is 1. The molecular formula is C42H47N. The summed E-state index contributed by atoms with van der Waals surface area (Å²) in [4.78, 5) is 0. The molecule has 1 heterocycles. The Balaban J connectivity index is 0.000000657. The van der Waals surface area contributed by atoms with E-state index < -0.39 is 0 Å². The summed E-state index contributed by atoms with van der Waals surface area (Å²) in [6, 6.07) is 35.2. The summed E-state index contributed by atoms with van der Waals surface area (Å²) in [5.74, 6) is 0. The predicted molar refractivity (Wildman–Crippen MR) is 193 cm³/mol. The number of hydrogen-bond acceptors (Lipinski definition) is 1. The molecule has 1 aliphatic rings. The highest BCUT2D eigenvalue weighted by atomic mass is 14.9. The van der Waals surface area contributed by atoms with Gasteiger partial charge in [-0.25, -0.2) is 0 Å². The standard InChI is InChI=1S/C35H31N.C5H10.C2H6/c1-3-4-12-26(2)32-23-33(27-13-6-5-7-14-27)25-34(24-32)30-17-10-15-28(21-30)29-16-11-18-31(22-29)35-19-8-9-20-36-35;1-3-5-4-2;1-2/h3-19,21-25,36H,20H2,1-2H3;3,5H,4H2,1-2H3;1-2H3/b4-3-,26-12+;;. The van der Waals surface area contributed by atoms with Gasteiger partial charge in [-0.15, -0.1) is 0 Å². The van der Waals surface area contributed by atoms with E-state index in [0.717, 1.165) is 13.0 Å². The molecule has 0 saturated carbocycles. The van der Waals surface area contributed by atoms with E-state index in [0.29, 0.717) is 0 Å². The predicted octanol–water partition coefficient (Wildman–Crippen LogP) is 12.2. The highest BCUT2D eigenvalue weighted by molar-refractivity contribution is 5.82. The van der Waals surface area contributed by atoms with Crippen molar-refractivity contribution in [3.05, 3.63) is 157 Å². The molecule has 43 heavy (non-hydrogen) atoms. The molecule has 0 saturated heterocycles. The zero-order valence-electron chi connectivity index (χ0n) is 26.8. The molecular weight excluding hydrogens is 518 g/mol. The molecule has 1 aliphatic heterocycles. The van der Waals surface area contributed by atoms with Crippen LogP contribution in [0.3, 0.4) is 0 Å². The lowest BCUT2D eigenvalue weighted by molar-refractivity contribution is 0.996. The average molecular weight is 566 g/mol. The van der Waals surface area contributed by atoms with Crippen molar-refractivity contribution in [3.63, 3.8) is 0 Å². The Kier molecular flexibility index (Phi) is 13.8. The Bertz CT molecular complexity index is 1580. The topological polar surface area (TPSA) is 12.0 Å². The van der Waals surface area contributed by atoms with Crippen molar-refractivity contribution in [2.45, 2.75) is 48.0 Å². The second-order valence-electron chi connectivity index (χ2n) is 10.1. The first-order valence-electron chi connectivity index (χ1n) is 15.6. The normalized spacial score (nSPS) is 12.6. The van der Waals surface area contributed by atoms with Crippen molar-refractivity contribution in [2.24, 2.45) is 0 Å². The van der Waals surface area contributed by atoms with Gasteiger partial charge >= 0.3 is 0 Å². The highest BCUT2D eigenvalue weighted by Crippen LogP contribution is 2.33. The highest BCUT2D eigenvalue weighted by Gasteiger charge is 2.09. The van der Waals surface area contributed by atoms with Gasteiger partial charge in [-0.05, 0) is 114 Å². The Morgan fingerprint density at radius 3 is 1.79 bits per heavy atom. The Labute approximate surface area is 260 Å². The molecule has 0 unspecified atom stereocenters. The summed E-state index contributed by atoms with van der Waals surface area (Å²) in [5.41, 5.74) is 12.2. The van der Waals surface area contributed by atoms with Crippen molar-refractivity contribution in [2.75, 3.05) is 6.54 Å². The summed E-state index contributed by atoms with van der Waals surface area (Å²) in [6.07, 6.45) is 18.1. The van der Waals surface area contributed by atoms with Crippen LogP contribution >= 0.6 is 0 Å². The van der Waals surface area contributed by atoms with E-state index in [-0.39, 0.29) is 0 Å². The van der Waals surface area contributed by atoms with Crippen LogP contribution in [0.15, 0.2) is 146 Å². The molecule has 0 amide bonds. The zero-order valence-corrected chi connectivity index (χ0v) is 26.8. The van der Waals surface area contributed by atoms with Crippen LogP contribution < -0.4 is 5.32 Å². The van der Waals surface area contributed by atoms with Gasteiger partial charge in [-0.3, -0.25) is 0 Å². The summed E-state index contributed by atoms with van der Waals surface area (Å²) >= 11 is 0. The Hall–Kier alpha value is -4.62. The van der Waals surface area contributed by atoms with E-state index in [1.807, 2.05) is 27.7 Å². The third kappa shape index (κ3) is 9.72. The van der Waals surface area contributed by atoms with E-state index >= 15 is 0 Å². The van der Waals surface area contributed by atoms with Gasteiger partial charge in [0.15, 0.2) is 0 Å². The molecule has 0 spiro atoms. The maximum absolute atomic E-state index is 3.47. The fraction of sp³-hybridized carbons (Fsp3) is 0.190. The Morgan fingerprint density at radius 1 is 0.674 bits per heavy atom. The van der Waals surface area contributed by atoms with Crippen LogP contribution in [0.2, 0.25) is 0 Å². The number of allylic oxidation sites excluding steroid dienone is 8. The number of hydrogen-bond donors (Lipinski definition) is 1. The maximum atomic E-state index is 3.47. The first-order valence-corrected chi connectivity index (χ1v) is 15.6. The van der Waals surface area contributed by atoms with Gasteiger partial charge < -0.3 is 5.32 Å². The second kappa shape index (κ2) is 18.0. The van der Waals surface area contributed by atoms with Crippen LogP contribution in [0.5, 0.6) is 0 Å². The average Bonchev–Trinajstić information content (AvgIpc) is 3.09. The van der Waals surface area contributed by atoms with Crippen LogP contribution in [0.25, 0.3) is 44.7 Å². The van der Waals surface area contributed by atoms with E-state index in [2.05, 4.69) is 165 Å². The molecule has 1 heteroatoms. The smallest absolute Gasteiger partial charge is 0.0416 e. The van der Waals surface area contributed by atoms with E-state index in [4.69, 9.17) is 0 Å². The monoisotopic (exact) mass is 565 g/mol. The largest absolute Gasteiger partial charge is 0.381 e. The first kappa shape index (κ1) is 32.9. The first-order chi connectivity index (χ1) is 21.1. The molecule has 0 aliphatic carbocycles. The molecule has 0 aromatic heterocycles. The fourth-order valence-corrected chi connectivity index (χ4v) is 4.79. The van der Waals surface area contributed by atoms with Gasteiger partial charge in [0.2, 0.25) is 0 Å². The zero-order chi connectivity index (χ0) is 30.9. The van der Waals surface area contributed by atoms with Gasteiger partial charge in [-0.2, -0.15) is 0 Å². The van der Waals surface area contributed by atoms with Gasteiger partial charge in [0.1, 0.15) is 0 Å². The third-order valence-corrected chi connectivity index (χ3v) is 7.02. The minimum atomic E-state index is 0.869. The lowest BCUT2D eigenvalue weighted by Crippen LogP contribution is -2.14. The maximum Gasteiger partial charge on any atom is 0.0416 e. The SMILES string of the molecule is C/C=C\C=C(/C)c1cc(-c2ccccc2)cc(-c2cccc(-c3cccc(C4=CC=CCN4)c3)c2)c1.CC.CC=CCC. The molecule has 0 fully saturated rings. The molecule has 0 radical (unpaired) electrons. The van der Waals surface area contributed by atoms with Gasteiger partial charge in [0.25, 0.3) is 0 Å². The summed E-state index contributed by atoms with van der Waals surface area (Å²) in [6.45, 7) is 13.3. The number of nitrogens with one attached hydrogen (secondary N) is 1. The molecule has 0 bridgehead atoms. The molecule has 1 nitrogen and oxygen atoms in total. The molecule has 5 rings (SSSR count). The molecule has 1 N–H and O–H groups in total. The van der Waals surface area contributed by atoms with Crippen molar-refractivity contribution in [1.29, 1.82) is 0 Å². The van der Waals surface area contributed by atoms with Crippen LogP contribution in [0, 0.1) is 0 Å². The molecule has 4 aromatic rings. The minimum absolute atomic E-state index is 0.869. The number of benzene rings is 4. The summed E-state index contributed by atoms with van der Waals surface area (Å²) < 4.78 is 0. The van der Waals surface area contributed by atoms with Crippen molar-refractivity contribution in [1.82, 2.24) is 5.32 Å². The van der Waals surface area contributed by atoms with Gasteiger partial charge in [0, 0.05) is 12.2 Å². The van der Waals surface area contributed by atoms with Crippen molar-refractivity contribution in [3.8, 4) is 33.4 Å².